The summed E-state index contributed by atoms with van der Waals surface area (Å²) < 4.78 is 39.4. The molecule has 0 aliphatic carbocycles. The van der Waals surface area contributed by atoms with E-state index < -0.39 is 34.8 Å². The zero-order valence-electron chi connectivity index (χ0n) is 15.2. The molecule has 3 rings (SSSR count). The van der Waals surface area contributed by atoms with Crippen LogP contribution in [-0.4, -0.2) is 46.0 Å². The van der Waals surface area contributed by atoms with Crippen molar-refractivity contribution < 1.29 is 27.9 Å². The fourth-order valence-corrected chi connectivity index (χ4v) is 2.87. The van der Waals surface area contributed by atoms with Crippen LogP contribution in [0.3, 0.4) is 0 Å². The normalized spacial score (nSPS) is 19.1. The van der Waals surface area contributed by atoms with E-state index in [1.54, 1.807) is 13.1 Å². The summed E-state index contributed by atoms with van der Waals surface area (Å²) >= 11 is 0. The van der Waals surface area contributed by atoms with Crippen LogP contribution in [0.4, 0.5) is 13.2 Å². The fraction of sp³-hybridized carbons (Fsp3) is 0.250. The Balaban J connectivity index is 2.01. The van der Waals surface area contributed by atoms with E-state index in [4.69, 9.17) is 5.73 Å². The third-order valence-corrected chi connectivity index (χ3v) is 4.49. The molecule has 2 heterocycles. The van der Waals surface area contributed by atoms with E-state index in [0.29, 0.717) is 18.2 Å². The van der Waals surface area contributed by atoms with Crippen LogP contribution in [0, 0.1) is 11.8 Å². The molecule has 0 saturated carbocycles. The van der Waals surface area contributed by atoms with Crippen molar-refractivity contribution in [2.24, 2.45) is 5.73 Å². The number of rotatable bonds is 2. The van der Waals surface area contributed by atoms with Crippen molar-refractivity contribution >= 4 is 11.8 Å². The molecule has 3 N–H and O–H groups in total. The lowest BCUT2D eigenvalue weighted by molar-refractivity contribution is -0.138. The van der Waals surface area contributed by atoms with Crippen LogP contribution in [0.15, 0.2) is 36.4 Å². The molecule has 1 aliphatic rings. The maximum Gasteiger partial charge on any atom is 0.416 e. The van der Waals surface area contributed by atoms with Crippen LogP contribution >= 0.6 is 0 Å². The molecular formula is C20H16F3N3O3. The molecule has 0 unspecified atom stereocenters. The summed E-state index contributed by atoms with van der Waals surface area (Å²) in [7, 11) is 1.55. The molecule has 0 radical (unpaired) electrons. The Morgan fingerprint density at radius 1 is 1.31 bits per heavy atom. The molecule has 1 saturated heterocycles. The van der Waals surface area contributed by atoms with E-state index in [1.807, 2.05) is 0 Å². The first-order valence-electron chi connectivity index (χ1n) is 8.50. The first-order chi connectivity index (χ1) is 13.5. The van der Waals surface area contributed by atoms with Gasteiger partial charge in [0.1, 0.15) is 5.69 Å². The minimum absolute atomic E-state index is 0.104. The Bertz CT molecular complexity index is 1060. The fourth-order valence-electron chi connectivity index (χ4n) is 2.87. The van der Waals surface area contributed by atoms with Crippen LogP contribution < -0.4 is 5.73 Å². The van der Waals surface area contributed by atoms with Gasteiger partial charge in [0.15, 0.2) is 0 Å². The largest absolute Gasteiger partial charge is 0.416 e. The van der Waals surface area contributed by atoms with Gasteiger partial charge in [-0.15, -0.1) is 0 Å². The third kappa shape index (κ3) is 4.22. The number of likely N-dealkylation sites (tertiary alicyclic amines) is 1. The van der Waals surface area contributed by atoms with Gasteiger partial charge >= 0.3 is 6.18 Å². The lowest BCUT2D eigenvalue weighted by Gasteiger charge is -2.13. The molecule has 0 spiro atoms. The first kappa shape index (κ1) is 20.4. The molecule has 0 bridgehead atoms. The number of aromatic nitrogens is 1. The third-order valence-electron chi connectivity index (χ3n) is 4.49. The van der Waals surface area contributed by atoms with Crippen LogP contribution in [0.25, 0.3) is 11.3 Å². The number of hydrogen-bond donors (Lipinski definition) is 2. The zero-order valence-corrected chi connectivity index (χ0v) is 15.2. The van der Waals surface area contributed by atoms with Gasteiger partial charge in [0, 0.05) is 31.1 Å². The highest BCUT2D eigenvalue weighted by Gasteiger charge is 2.42. The topological polar surface area (TPSA) is 96.5 Å². The number of hydrogen-bond acceptors (Lipinski definition) is 4. The number of pyridine rings is 1. The average Bonchev–Trinajstić information content (AvgIpc) is 2.93. The number of primary amides is 1. The van der Waals surface area contributed by atoms with Gasteiger partial charge in [-0.05, 0) is 24.3 Å². The van der Waals surface area contributed by atoms with Gasteiger partial charge in [0.25, 0.3) is 11.8 Å². The summed E-state index contributed by atoms with van der Waals surface area (Å²) in [5.41, 5.74) is 2.27. The summed E-state index contributed by atoms with van der Waals surface area (Å²) in [4.78, 5) is 28.6. The number of carbonyl (C=O) groups excluding carboxylic acids is 2. The highest BCUT2D eigenvalue weighted by atomic mass is 19.4. The molecule has 6 nitrogen and oxygen atoms in total. The van der Waals surface area contributed by atoms with Gasteiger partial charge in [0.2, 0.25) is 5.60 Å². The molecule has 1 atom stereocenters. The highest BCUT2D eigenvalue weighted by molar-refractivity contribution is 5.92. The molecule has 9 heteroatoms. The quantitative estimate of drug-likeness (QED) is 0.748. The van der Waals surface area contributed by atoms with Crippen molar-refractivity contribution in [1.29, 1.82) is 0 Å². The summed E-state index contributed by atoms with van der Waals surface area (Å²) in [6.45, 7) is 0.369. The van der Waals surface area contributed by atoms with Gasteiger partial charge in [-0.2, -0.15) is 13.2 Å². The molecule has 150 valence electrons. The van der Waals surface area contributed by atoms with Crippen molar-refractivity contribution in [3.8, 4) is 23.1 Å². The Hall–Kier alpha value is -3.38. The molecule has 1 aromatic heterocycles. The van der Waals surface area contributed by atoms with Crippen LogP contribution in [0.5, 0.6) is 0 Å². The molecule has 1 aromatic carbocycles. The second-order valence-corrected chi connectivity index (χ2v) is 6.66. The Kier molecular flexibility index (Phi) is 5.07. The van der Waals surface area contributed by atoms with Crippen molar-refractivity contribution in [3.05, 3.63) is 53.2 Å². The SMILES string of the molecule is CN1CC[C@@](O)(C#Cc2cccc(-c3cc(C(F)(F)F)cc(C(N)=O)n3)c2)C1=O. The number of aliphatic hydroxyl groups is 1. The predicted molar refractivity (Wildman–Crippen MR) is 97.3 cm³/mol. The van der Waals surface area contributed by atoms with Crippen LogP contribution in [0.1, 0.15) is 28.0 Å². The van der Waals surface area contributed by atoms with Crippen LogP contribution in [0.2, 0.25) is 0 Å². The van der Waals surface area contributed by atoms with E-state index in [1.165, 1.54) is 23.1 Å². The van der Waals surface area contributed by atoms with Crippen molar-refractivity contribution in [1.82, 2.24) is 9.88 Å². The smallest absolute Gasteiger partial charge is 0.369 e. The molecule has 29 heavy (non-hydrogen) atoms. The van der Waals surface area contributed by atoms with Crippen molar-refractivity contribution in [3.63, 3.8) is 0 Å². The number of alkyl halides is 3. The number of likely N-dealkylation sites (N-methyl/N-ethyl adjacent to an activating group) is 1. The standard InChI is InChI=1S/C20H16F3N3O3/c1-26-8-7-19(29,18(26)28)6-5-12-3-2-4-13(9-12)15-10-14(20(21,22)23)11-16(25-15)17(24)27/h2-4,9-11,29H,7-8H2,1H3,(H2,24,27)/t19-/m0/s1. The number of amides is 2. The number of carbonyl (C=O) groups is 2. The zero-order chi connectivity index (χ0) is 21.4. The molecule has 1 fully saturated rings. The summed E-state index contributed by atoms with van der Waals surface area (Å²) in [5, 5.41) is 10.3. The second kappa shape index (κ2) is 7.22. The van der Waals surface area contributed by atoms with E-state index in [2.05, 4.69) is 16.8 Å². The van der Waals surface area contributed by atoms with Gasteiger partial charge in [-0.25, -0.2) is 4.98 Å². The minimum Gasteiger partial charge on any atom is -0.369 e. The lowest BCUT2D eigenvalue weighted by atomic mass is 10.0. The maximum absolute atomic E-state index is 13.1. The van der Waals surface area contributed by atoms with Crippen molar-refractivity contribution in [2.45, 2.75) is 18.2 Å². The average molecular weight is 403 g/mol. The Morgan fingerprint density at radius 3 is 2.62 bits per heavy atom. The van der Waals surface area contributed by atoms with Gasteiger partial charge < -0.3 is 15.7 Å². The number of benzene rings is 1. The summed E-state index contributed by atoms with van der Waals surface area (Å²) in [6, 6.07) is 7.47. The molecule has 2 amide bonds. The van der Waals surface area contributed by atoms with Gasteiger partial charge in [0.05, 0.1) is 11.3 Å². The summed E-state index contributed by atoms with van der Waals surface area (Å²) in [5.74, 6) is 3.63. The van der Waals surface area contributed by atoms with E-state index in [9.17, 15) is 27.9 Å². The van der Waals surface area contributed by atoms with Crippen molar-refractivity contribution in [2.75, 3.05) is 13.6 Å². The van der Waals surface area contributed by atoms with E-state index in [0.717, 1.165) is 6.07 Å². The molecule has 2 aromatic rings. The number of nitrogens with zero attached hydrogens (tertiary/aromatic N) is 2. The number of halogens is 3. The Morgan fingerprint density at radius 2 is 2.03 bits per heavy atom. The first-order valence-corrected chi connectivity index (χ1v) is 8.50. The van der Waals surface area contributed by atoms with Crippen LogP contribution in [-0.2, 0) is 11.0 Å². The summed E-state index contributed by atoms with van der Waals surface area (Å²) in [6.07, 6.45) is -4.52. The van der Waals surface area contributed by atoms with E-state index >= 15 is 0 Å². The molecular weight excluding hydrogens is 387 g/mol. The Labute approximate surface area is 164 Å². The molecule has 1 aliphatic heterocycles. The lowest BCUT2D eigenvalue weighted by Crippen LogP contribution is -2.37. The highest BCUT2D eigenvalue weighted by Crippen LogP contribution is 2.32. The van der Waals surface area contributed by atoms with Gasteiger partial charge in [-0.1, -0.05) is 24.0 Å². The van der Waals surface area contributed by atoms with E-state index in [-0.39, 0.29) is 17.7 Å². The monoisotopic (exact) mass is 403 g/mol. The second-order valence-electron chi connectivity index (χ2n) is 6.66. The maximum atomic E-state index is 13.1. The number of nitrogens with two attached hydrogens (primary N) is 1. The predicted octanol–water partition coefficient (Wildman–Crippen LogP) is 1.81. The van der Waals surface area contributed by atoms with Gasteiger partial charge in [-0.3, -0.25) is 9.59 Å². The minimum atomic E-state index is -4.68.